The van der Waals surface area contributed by atoms with Gasteiger partial charge in [0.15, 0.2) is 0 Å². The maximum absolute atomic E-state index is 6.56. The molecule has 0 spiro atoms. The molecule has 2 aliphatic rings. The second kappa shape index (κ2) is 12.9. The van der Waals surface area contributed by atoms with Crippen LogP contribution >= 0.6 is 0 Å². The highest BCUT2D eigenvalue weighted by Crippen LogP contribution is 2.51. The van der Waals surface area contributed by atoms with E-state index in [-0.39, 0.29) is 5.41 Å². The van der Waals surface area contributed by atoms with Crippen LogP contribution < -0.4 is 0 Å². The summed E-state index contributed by atoms with van der Waals surface area (Å²) in [6.45, 7) is 4.72. The highest BCUT2D eigenvalue weighted by Gasteiger charge is 2.36. The Morgan fingerprint density at radius 3 is 1.73 bits per heavy atom. The van der Waals surface area contributed by atoms with Crippen LogP contribution in [-0.2, 0) is 5.41 Å². The van der Waals surface area contributed by atoms with E-state index in [1.807, 2.05) is 0 Å². The van der Waals surface area contributed by atoms with Crippen molar-refractivity contribution in [2.45, 2.75) is 25.7 Å². The van der Waals surface area contributed by atoms with Gasteiger partial charge in [-0.2, -0.15) is 0 Å². The fourth-order valence-corrected chi connectivity index (χ4v) is 10.2. The molecule has 0 saturated heterocycles. The summed E-state index contributed by atoms with van der Waals surface area (Å²) in [5, 5.41) is 8.73. The van der Waals surface area contributed by atoms with Crippen molar-refractivity contribution in [3.63, 3.8) is 0 Å². The first-order chi connectivity index (χ1) is 29.0. The van der Waals surface area contributed by atoms with Crippen LogP contribution in [0.1, 0.15) is 42.7 Å². The van der Waals surface area contributed by atoms with Crippen molar-refractivity contribution in [3.8, 4) is 55.6 Å². The molecule has 0 unspecified atom stereocenters. The first-order valence-corrected chi connectivity index (χ1v) is 20.7. The Hall–Kier alpha value is -7.22. The van der Waals surface area contributed by atoms with Crippen molar-refractivity contribution in [3.05, 3.63) is 204 Å². The fraction of sp³-hybridized carbons (Fsp3) is 0.0690. The van der Waals surface area contributed by atoms with E-state index in [9.17, 15) is 0 Å². The second-order valence-corrected chi connectivity index (χ2v) is 16.7. The SMILES string of the molecule is CC1(C)c2ccc(-c3ccc(-c4c5ccccc5c(-c5cccc(-c6cccc7c8c(oc67)C=CCC=C8)c5)c5ccccc45)cc3)cc2-c2cc3ccccc3cc21. The molecule has 12 rings (SSSR count). The van der Waals surface area contributed by atoms with Gasteiger partial charge < -0.3 is 4.42 Å². The van der Waals surface area contributed by atoms with E-state index in [1.54, 1.807) is 0 Å². The highest BCUT2D eigenvalue weighted by atomic mass is 16.3. The predicted molar refractivity (Wildman–Crippen MR) is 251 cm³/mol. The lowest BCUT2D eigenvalue weighted by molar-refractivity contribution is 0.604. The lowest BCUT2D eigenvalue weighted by Crippen LogP contribution is -2.14. The fourth-order valence-electron chi connectivity index (χ4n) is 10.2. The van der Waals surface area contributed by atoms with Gasteiger partial charge >= 0.3 is 0 Å². The number of hydrogen-bond donors (Lipinski definition) is 0. The van der Waals surface area contributed by atoms with Crippen LogP contribution in [0.4, 0.5) is 0 Å². The minimum absolute atomic E-state index is 0.0468. The average Bonchev–Trinajstić information content (AvgIpc) is 3.61. The molecule has 1 aromatic heterocycles. The molecule has 0 atom stereocenters. The Morgan fingerprint density at radius 1 is 0.407 bits per heavy atom. The largest absolute Gasteiger partial charge is 0.455 e. The quantitative estimate of drug-likeness (QED) is 0.163. The van der Waals surface area contributed by atoms with Gasteiger partial charge in [0.1, 0.15) is 11.3 Å². The molecule has 1 nitrogen and oxygen atoms in total. The highest BCUT2D eigenvalue weighted by molar-refractivity contribution is 6.21. The molecule has 0 amide bonds. The number of benzene rings is 9. The van der Waals surface area contributed by atoms with Crippen LogP contribution in [0.3, 0.4) is 0 Å². The van der Waals surface area contributed by atoms with E-state index < -0.39 is 0 Å². The lowest BCUT2D eigenvalue weighted by atomic mass is 9.81. The molecule has 0 bridgehead atoms. The van der Waals surface area contributed by atoms with Crippen molar-refractivity contribution in [2.24, 2.45) is 0 Å². The molecular weight excluding hydrogens is 713 g/mol. The van der Waals surface area contributed by atoms with E-state index in [4.69, 9.17) is 4.42 Å². The van der Waals surface area contributed by atoms with Crippen molar-refractivity contribution >= 4 is 55.4 Å². The number of hydrogen-bond acceptors (Lipinski definition) is 1. The van der Waals surface area contributed by atoms with Crippen LogP contribution in [0.5, 0.6) is 0 Å². The molecule has 2 aliphatic carbocycles. The molecule has 0 fully saturated rings. The predicted octanol–water partition coefficient (Wildman–Crippen LogP) is 16.3. The van der Waals surface area contributed by atoms with Gasteiger partial charge in [0, 0.05) is 21.9 Å². The van der Waals surface area contributed by atoms with E-state index in [1.165, 1.54) is 88.0 Å². The van der Waals surface area contributed by atoms with Gasteiger partial charge in [-0.15, -0.1) is 0 Å². The topological polar surface area (TPSA) is 13.1 Å². The third-order valence-corrected chi connectivity index (χ3v) is 13.1. The minimum Gasteiger partial charge on any atom is -0.455 e. The maximum Gasteiger partial charge on any atom is 0.143 e. The molecule has 59 heavy (non-hydrogen) atoms. The molecule has 1 heteroatoms. The standard InChI is InChI=1S/C58H40O/c1-58(2)52-31-30-40(34-50(52)51-33-38-14-6-7-15-39(38)35-53(51)58)36-26-28-37(29-27-36)55-45-19-8-10-21-47(45)56(48-22-11-9-20-46(48)55)42-17-12-16-41(32-42)43-23-13-24-49-44-18-4-3-5-25-54(44)59-57(43)49/h4-35H,3H2,1-2H3. The molecule has 0 N–H and O–H groups in total. The summed E-state index contributed by atoms with van der Waals surface area (Å²) in [6, 6.07) is 63.2. The molecule has 0 saturated carbocycles. The molecule has 0 aliphatic heterocycles. The van der Waals surface area contributed by atoms with Crippen LogP contribution in [-0.4, -0.2) is 0 Å². The van der Waals surface area contributed by atoms with E-state index in [0.29, 0.717) is 0 Å². The van der Waals surface area contributed by atoms with Crippen molar-refractivity contribution in [2.75, 3.05) is 0 Å². The number of rotatable bonds is 4. The minimum atomic E-state index is -0.0468. The number of fused-ring (bicyclic) bond motifs is 9. The Balaban J connectivity index is 0.969. The number of para-hydroxylation sites is 1. The van der Waals surface area contributed by atoms with Gasteiger partial charge in [0.25, 0.3) is 0 Å². The molecule has 10 aromatic rings. The van der Waals surface area contributed by atoms with Crippen molar-refractivity contribution in [1.29, 1.82) is 0 Å². The van der Waals surface area contributed by atoms with Crippen LogP contribution in [0.2, 0.25) is 0 Å². The summed E-state index contributed by atoms with van der Waals surface area (Å²) in [5.74, 6) is 0.925. The Bertz CT molecular complexity index is 3370. The average molecular weight is 753 g/mol. The first kappa shape index (κ1) is 33.9. The van der Waals surface area contributed by atoms with E-state index in [0.717, 1.165) is 39.8 Å². The Labute approximate surface area is 344 Å². The summed E-state index contributed by atoms with van der Waals surface area (Å²) in [7, 11) is 0. The van der Waals surface area contributed by atoms with Crippen molar-refractivity contribution < 1.29 is 4.42 Å². The Morgan fingerprint density at radius 2 is 0.983 bits per heavy atom. The zero-order valence-electron chi connectivity index (χ0n) is 33.1. The van der Waals surface area contributed by atoms with Crippen LogP contribution in [0, 0.1) is 0 Å². The van der Waals surface area contributed by atoms with Gasteiger partial charge in [0.2, 0.25) is 0 Å². The zero-order valence-corrected chi connectivity index (χ0v) is 33.1. The van der Waals surface area contributed by atoms with Gasteiger partial charge in [-0.05, 0) is 130 Å². The van der Waals surface area contributed by atoms with Gasteiger partial charge in [-0.25, -0.2) is 0 Å². The summed E-state index contributed by atoms with van der Waals surface area (Å²) in [4.78, 5) is 0. The lowest BCUT2D eigenvalue weighted by Gasteiger charge is -2.22. The molecule has 0 radical (unpaired) electrons. The summed E-state index contributed by atoms with van der Waals surface area (Å²) in [6.07, 6.45) is 9.59. The van der Waals surface area contributed by atoms with Gasteiger partial charge in [-0.1, -0.05) is 178 Å². The van der Waals surface area contributed by atoms with Crippen LogP contribution in [0.25, 0.3) is 111 Å². The number of allylic oxidation sites excluding steroid dienone is 2. The van der Waals surface area contributed by atoms with E-state index in [2.05, 4.69) is 208 Å². The molecular formula is C58H40O. The molecule has 278 valence electrons. The maximum atomic E-state index is 6.56. The first-order valence-electron chi connectivity index (χ1n) is 20.7. The zero-order chi connectivity index (χ0) is 39.2. The molecule has 9 aromatic carbocycles. The summed E-state index contributed by atoms with van der Waals surface area (Å²) < 4.78 is 6.56. The van der Waals surface area contributed by atoms with Crippen molar-refractivity contribution in [1.82, 2.24) is 0 Å². The van der Waals surface area contributed by atoms with Gasteiger partial charge in [0.05, 0.1) is 0 Å². The Kier molecular flexibility index (Phi) is 7.40. The third-order valence-electron chi connectivity index (χ3n) is 13.1. The molecule has 1 heterocycles. The van der Waals surface area contributed by atoms with Gasteiger partial charge in [-0.3, -0.25) is 0 Å². The van der Waals surface area contributed by atoms with Crippen LogP contribution in [0.15, 0.2) is 186 Å². The second-order valence-electron chi connectivity index (χ2n) is 16.7. The monoisotopic (exact) mass is 752 g/mol. The number of furan rings is 1. The summed E-state index contributed by atoms with van der Waals surface area (Å²) >= 11 is 0. The third kappa shape index (κ3) is 5.18. The van der Waals surface area contributed by atoms with E-state index >= 15 is 0 Å². The summed E-state index contributed by atoms with van der Waals surface area (Å²) in [5.41, 5.74) is 17.2. The normalized spacial score (nSPS) is 13.9. The smallest absolute Gasteiger partial charge is 0.143 e.